The minimum Gasteiger partial charge on any atom is -0.377 e. The van der Waals surface area contributed by atoms with Crippen molar-refractivity contribution in [3.05, 3.63) is 48.0 Å². The zero-order valence-corrected chi connectivity index (χ0v) is 12.2. The smallest absolute Gasteiger partial charge is 0.0746 e. The zero-order chi connectivity index (χ0) is 13.9. The van der Waals surface area contributed by atoms with Crippen LogP contribution >= 0.6 is 0 Å². The van der Waals surface area contributed by atoms with Gasteiger partial charge >= 0.3 is 0 Å². The van der Waals surface area contributed by atoms with Crippen LogP contribution < -0.4 is 5.32 Å². The molecule has 0 spiro atoms. The lowest BCUT2D eigenvalue weighted by atomic mass is 9.99. The molecule has 0 heterocycles. The van der Waals surface area contributed by atoms with Gasteiger partial charge in [0.1, 0.15) is 0 Å². The SMILES string of the molecule is COC(C)(C)CNC(C)c1cccc2ccccc12. The molecule has 0 radical (unpaired) electrons. The Bertz CT molecular complexity index is 542. The maximum atomic E-state index is 5.45. The third-order valence-corrected chi connectivity index (χ3v) is 3.68. The van der Waals surface area contributed by atoms with E-state index in [1.54, 1.807) is 7.11 Å². The molecule has 0 aromatic heterocycles. The van der Waals surface area contributed by atoms with Gasteiger partial charge in [-0.1, -0.05) is 42.5 Å². The average molecular weight is 257 g/mol. The van der Waals surface area contributed by atoms with Crippen molar-refractivity contribution in [3.63, 3.8) is 0 Å². The predicted octanol–water partition coefficient (Wildman–Crippen LogP) is 3.92. The molecule has 19 heavy (non-hydrogen) atoms. The van der Waals surface area contributed by atoms with Crippen LogP contribution in [0.2, 0.25) is 0 Å². The van der Waals surface area contributed by atoms with Crippen molar-refractivity contribution in [1.82, 2.24) is 5.32 Å². The molecule has 0 amide bonds. The maximum Gasteiger partial charge on any atom is 0.0746 e. The van der Waals surface area contributed by atoms with Gasteiger partial charge in [0.15, 0.2) is 0 Å². The van der Waals surface area contributed by atoms with Crippen LogP contribution in [0, 0.1) is 0 Å². The Labute approximate surface area is 115 Å². The second-order valence-electron chi connectivity index (χ2n) is 5.63. The van der Waals surface area contributed by atoms with Crippen LogP contribution in [-0.2, 0) is 4.74 Å². The topological polar surface area (TPSA) is 21.3 Å². The minimum absolute atomic E-state index is 0.140. The number of hydrogen-bond acceptors (Lipinski definition) is 2. The number of hydrogen-bond donors (Lipinski definition) is 1. The summed E-state index contributed by atoms with van der Waals surface area (Å²) >= 11 is 0. The Morgan fingerprint density at radius 1 is 1.11 bits per heavy atom. The first-order valence-electron chi connectivity index (χ1n) is 6.80. The summed E-state index contributed by atoms with van der Waals surface area (Å²) in [5.74, 6) is 0. The van der Waals surface area contributed by atoms with Gasteiger partial charge < -0.3 is 10.1 Å². The summed E-state index contributed by atoms with van der Waals surface area (Å²) in [6, 6.07) is 15.3. The van der Waals surface area contributed by atoms with Gasteiger partial charge in [-0.05, 0) is 37.1 Å². The largest absolute Gasteiger partial charge is 0.377 e. The van der Waals surface area contributed by atoms with E-state index in [2.05, 4.69) is 68.6 Å². The van der Waals surface area contributed by atoms with Crippen molar-refractivity contribution in [2.75, 3.05) is 13.7 Å². The van der Waals surface area contributed by atoms with Crippen molar-refractivity contribution in [2.24, 2.45) is 0 Å². The van der Waals surface area contributed by atoms with Crippen LogP contribution in [0.25, 0.3) is 10.8 Å². The van der Waals surface area contributed by atoms with Crippen molar-refractivity contribution >= 4 is 10.8 Å². The molecule has 1 atom stereocenters. The lowest BCUT2D eigenvalue weighted by Crippen LogP contribution is -2.37. The van der Waals surface area contributed by atoms with E-state index in [1.807, 2.05) is 0 Å². The van der Waals surface area contributed by atoms with Gasteiger partial charge in [-0.25, -0.2) is 0 Å². The van der Waals surface area contributed by atoms with E-state index in [-0.39, 0.29) is 5.60 Å². The fourth-order valence-corrected chi connectivity index (χ4v) is 2.21. The van der Waals surface area contributed by atoms with Crippen molar-refractivity contribution in [2.45, 2.75) is 32.4 Å². The van der Waals surface area contributed by atoms with E-state index in [0.29, 0.717) is 6.04 Å². The van der Waals surface area contributed by atoms with Gasteiger partial charge in [0.25, 0.3) is 0 Å². The highest BCUT2D eigenvalue weighted by Crippen LogP contribution is 2.24. The first kappa shape index (κ1) is 14.0. The first-order chi connectivity index (χ1) is 9.03. The molecule has 0 fully saturated rings. The van der Waals surface area contributed by atoms with Crippen LogP contribution in [0.3, 0.4) is 0 Å². The van der Waals surface area contributed by atoms with Gasteiger partial charge in [0.05, 0.1) is 5.60 Å². The average Bonchev–Trinajstić information content (AvgIpc) is 2.44. The number of benzene rings is 2. The highest BCUT2D eigenvalue weighted by molar-refractivity contribution is 5.86. The lowest BCUT2D eigenvalue weighted by Gasteiger charge is -2.26. The van der Waals surface area contributed by atoms with E-state index >= 15 is 0 Å². The molecule has 2 rings (SSSR count). The molecule has 2 nitrogen and oxygen atoms in total. The van der Waals surface area contributed by atoms with Crippen LogP contribution in [0.4, 0.5) is 0 Å². The van der Waals surface area contributed by atoms with Crippen LogP contribution in [0.5, 0.6) is 0 Å². The van der Waals surface area contributed by atoms with Gasteiger partial charge in [-0.3, -0.25) is 0 Å². The van der Waals surface area contributed by atoms with E-state index in [9.17, 15) is 0 Å². The Hall–Kier alpha value is -1.38. The molecule has 102 valence electrons. The summed E-state index contributed by atoms with van der Waals surface area (Å²) in [7, 11) is 1.75. The second-order valence-corrected chi connectivity index (χ2v) is 5.63. The van der Waals surface area contributed by atoms with Gasteiger partial charge in [0.2, 0.25) is 0 Å². The molecule has 2 aromatic carbocycles. The summed E-state index contributed by atoms with van der Waals surface area (Å²) in [4.78, 5) is 0. The first-order valence-corrected chi connectivity index (χ1v) is 6.80. The van der Waals surface area contributed by atoms with Gasteiger partial charge in [0, 0.05) is 19.7 Å². The van der Waals surface area contributed by atoms with Crippen molar-refractivity contribution in [1.29, 1.82) is 0 Å². The van der Waals surface area contributed by atoms with Crippen LogP contribution in [0.1, 0.15) is 32.4 Å². The monoisotopic (exact) mass is 257 g/mol. The van der Waals surface area contributed by atoms with Crippen molar-refractivity contribution in [3.8, 4) is 0 Å². The number of methoxy groups -OCH3 is 1. The quantitative estimate of drug-likeness (QED) is 0.876. The highest BCUT2D eigenvalue weighted by Gasteiger charge is 2.18. The summed E-state index contributed by atoms with van der Waals surface area (Å²) in [5.41, 5.74) is 1.20. The van der Waals surface area contributed by atoms with E-state index < -0.39 is 0 Å². The standard InChI is InChI=1S/C17H23NO/c1-13(18-12-17(2,3)19-4)15-11-7-9-14-8-5-6-10-16(14)15/h5-11,13,18H,12H2,1-4H3. The Balaban J connectivity index is 2.20. The fourth-order valence-electron chi connectivity index (χ4n) is 2.21. The minimum atomic E-state index is -0.140. The predicted molar refractivity (Wildman–Crippen MR) is 81.5 cm³/mol. The van der Waals surface area contributed by atoms with Crippen LogP contribution in [0.15, 0.2) is 42.5 Å². The summed E-state index contributed by atoms with van der Waals surface area (Å²) < 4.78 is 5.45. The third kappa shape index (κ3) is 3.34. The third-order valence-electron chi connectivity index (χ3n) is 3.68. The zero-order valence-electron chi connectivity index (χ0n) is 12.2. The molecule has 0 aliphatic heterocycles. The number of ether oxygens (including phenoxy) is 1. The summed E-state index contributed by atoms with van der Waals surface area (Å²) in [6.07, 6.45) is 0. The summed E-state index contributed by atoms with van der Waals surface area (Å²) in [5, 5.41) is 6.17. The fraction of sp³-hybridized carbons (Fsp3) is 0.412. The van der Waals surface area contributed by atoms with E-state index in [1.165, 1.54) is 16.3 Å². The molecule has 0 aliphatic rings. The normalized spacial score (nSPS) is 13.7. The lowest BCUT2D eigenvalue weighted by molar-refractivity contribution is 0.0214. The molecule has 0 bridgehead atoms. The molecule has 1 N–H and O–H groups in total. The molecule has 1 unspecified atom stereocenters. The Morgan fingerprint density at radius 2 is 1.79 bits per heavy atom. The second kappa shape index (κ2) is 5.72. The van der Waals surface area contributed by atoms with Gasteiger partial charge in [-0.2, -0.15) is 0 Å². The molecule has 0 saturated heterocycles. The van der Waals surface area contributed by atoms with E-state index in [0.717, 1.165) is 6.54 Å². The Kier molecular flexibility index (Phi) is 4.23. The molecular weight excluding hydrogens is 234 g/mol. The van der Waals surface area contributed by atoms with Gasteiger partial charge in [-0.15, -0.1) is 0 Å². The molecule has 0 saturated carbocycles. The van der Waals surface area contributed by atoms with Crippen LogP contribution in [-0.4, -0.2) is 19.3 Å². The summed E-state index contributed by atoms with van der Waals surface area (Å²) in [6.45, 7) is 7.22. The number of fused-ring (bicyclic) bond motifs is 1. The number of rotatable bonds is 5. The molecule has 0 aliphatic carbocycles. The Morgan fingerprint density at radius 3 is 2.53 bits per heavy atom. The highest BCUT2D eigenvalue weighted by atomic mass is 16.5. The van der Waals surface area contributed by atoms with E-state index in [4.69, 9.17) is 4.74 Å². The maximum absolute atomic E-state index is 5.45. The molecular formula is C17H23NO. The number of nitrogens with one attached hydrogen (secondary N) is 1. The van der Waals surface area contributed by atoms with Crippen molar-refractivity contribution < 1.29 is 4.74 Å². The molecule has 2 heteroatoms. The molecule has 2 aromatic rings.